The van der Waals surface area contributed by atoms with E-state index in [0.717, 1.165) is 12.8 Å². The number of likely N-dealkylation sites (tertiary alicyclic amines) is 1. The number of urea groups is 1. The van der Waals surface area contributed by atoms with Crippen molar-refractivity contribution in [3.8, 4) is 0 Å². The second-order valence-electron chi connectivity index (χ2n) is 5.37. The minimum atomic E-state index is -1.05. The maximum Gasteiger partial charge on any atom is 0.326 e. The van der Waals surface area contributed by atoms with E-state index in [2.05, 4.69) is 0 Å². The molecule has 18 heavy (non-hydrogen) atoms. The number of aliphatic carboxylic acids is 1. The summed E-state index contributed by atoms with van der Waals surface area (Å²) in [5.41, 5.74) is 0. The van der Waals surface area contributed by atoms with Gasteiger partial charge in [0.05, 0.1) is 6.10 Å². The fourth-order valence-electron chi connectivity index (χ4n) is 2.53. The largest absolute Gasteiger partial charge is 0.480 e. The Morgan fingerprint density at radius 3 is 2.50 bits per heavy atom. The Morgan fingerprint density at radius 2 is 2.00 bits per heavy atom. The number of aliphatic hydroxyl groups is 1. The summed E-state index contributed by atoms with van der Waals surface area (Å²) in [5, 5.41) is 18.6. The molecule has 2 fully saturated rings. The highest BCUT2D eigenvalue weighted by Gasteiger charge is 2.42. The summed E-state index contributed by atoms with van der Waals surface area (Å²) in [5.74, 6) is -0.512. The highest BCUT2D eigenvalue weighted by Crippen LogP contribution is 2.35. The zero-order chi connectivity index (χ0) is 13.4. The summed E-state index contributed by atoms with van der Waals surface area (Å²) in [6.07, 6.45) is 1.64. The van der Waals surface area contributed by atoms with Crippen molar-refractivity contribution in [1.29, 1.82) is 0 Å². The van der Waals surface area contributed by atoms with E-state index in [0.29, 0.717) is 5.92 Å². The molecule has 0 bridgehead atoms. The van der Waals surface area contributed by atoms with Crippen LogP contribution in [0.3, 0.4) is 0 Å². The van der Waals surface area contributed by atoms with Gasteiger partial charge in [-0.25, -0.2) is 9.59 Å². The first-order valence-corrected chi connectivity index (χ1v) is 6.36. The van der Waals surface area contributed by atoms with Crippen molar-refractivity contribution in [3.63, 3.8) is 0 Å². The Kier molecular flexibility index (Phi) is 3.47. The smallest absolute Gasteiger partial charge is 0.326 e. The van der Waals surface area contributed by atoms with Crippen molar-refractivity contribution in [1.82, 2.24) is 9.80 Å². The van der Waals surface area contributed by atoms with Crippen molar-refractivity contribution in [2.24, 2.45) is 5.92 Å². The number of carboxylic acids is 1. The van der Waals surface area contributed by atoms with E-state index < -0.39 is 18.1 Å². The second-order valence-corrected chi connectivity index (χ2v) is 5.37. The summed E-state index contributed by atoms with van der Waals surface area (Å²) in [6.45, 7) is 2.09. The molecule has 2 amide bonds. The fourth-order valence-corrected chi connectivity index (χ4v) is 2.53. The molecule has 3 atom stereocenters. The molecule has 0 radical (unpaired) electrons. The molecule has 1 unspecified atom stereocenters. The maximum atomic E-state index is 12.3. The Hall–Kier alpha value is -1.30. The van der Waals surface area contributed by atoms with Crippen LogP contribution in [0.4, 0.5) is 4.79 Å². The Labute approximate surface area is 106 Å². The van der Waals surface area contributed by atoms with Gasteiger partial charge < -0.3 is 20.0 Å². The van der Waals surface area contributed by atoms with Crippen molar-refractivity contribution in [2.45, 2.75) is 44.4 Å². The van der Waals surface area contributed by atoms with Gasteiger partial charge >= 0.3 is 12.0 Å². The number of aliphatic hydroxyl groups excluding tert-OH is 1. The quantitative estimate of drug-likeness (QED) is 0.763. The van der Waals surface area contributed by atoms with Gasteiger partial charge in [-0.3, -0.25) is 0 Å². The molecule has 102 valence electrons. The zero-order valence-electron chi connectivity index (χ0n) is 10.7. The summed E-state index contributed by atoms with van der Waals surface area (Å²) in [7, 11) is 1.70. The molecule has 0 aromatic rings. The van der Waals surface area contributed by atoms with Crippen LogP contribution in [0.1, 0.15) is 26.2 Å². The minimum Gasteiger partial charge on any atom is -0.480 e. The molecule has 6 nitrogen and oxygen atoms in total. The molecule has 1 heterocycles. The van der Waals surface area contributed by atoms with Gasteiger partial charge in [-0.2, -0.15) is 0 Å². The maximum absolute atomic E-state index is 12.3. The average molecular weight is 256 g/mol. The van der Waals surface area contributed by atoms with E-state index in [1.54, 1.807) is 11.9 Å². The Bertz CT molecular complexity index is 356. The molecule has 0 spiro atoms. The molecular formula is C12H20N2O4. The van der Waals surface area contributed by atoms with Crippen LogP contribution in [0, 0.1) is 5.92 Å². The SMILES string of the molecule is CC(C1CC1)N(C)C(=O)N1C[C@@H](O)C[C@H]1C(=O)O. The second kappa shape index (κ2) is 4.76. The summed E-state index contributed by atoms with van der Waals surface area (Å²) < 4.78 is 0. The highest BCUT2D eigenvalue weighted by molar-refractivity contribution is 5.83. The van der Waals surface area contributed by atoms with Crippen LogP contribution in [-0.4, -0.2) is 63.8 Å². The topological polar surface area (TPSA) is 81.1 Å². The van der Waals surface area contributed by atoms with Crippen LogP contribution in [0.15, 0.2) is 0 Å². The zero-order valence-corrected chi connectivity index (χ0v) is 10.7. The predicted octanol–water partition coefficient (Wildman–Crippen LogP) is 0.357. The highest BCUT2D eigenvalue weighted by atomic mass is 16.4. The van der Waals surface area contributed by atoms with Gasteiger partial charge in [-0.1, -0.05) is 0 Å². The molecule has 1 saturated heterocycles. The summed E-state index contributed by atoms with van der Waals surface area (Å²) >= 11 is 0. The molecule has 1 aliphatic heterocycles. The third-order valence-corrected chi connectivity index (χ3v) is 4.03. The van der Waals surface area contributed by atoms with Crippen LogP contribution in [0.5, 0.6) is 0 Å². The van der Waals surface area contributed by atoms with E-state index in [1.807, 2.05) is 6.92 Å². The molecule has 2 aliphatic rings. The van der Waals surface area contributed by atoms with E-state index in [-0.39, 0.29) is 25.0 Å². The van der Waals surface area contributed by atoms with E-state index in [4.69, 9.17) is 5.11 Å². The van der Waals surface area contributed by atoms with Gasteiger partial charge in [-0.05, 0) is 25.7 Å². The molecule has 0 aromatic heterocycles. The number of carbonyl (C=O) groups excluding carboxylic acids is 1. The monoisotopic (exact) mass is 256 g/mol. The summed E-state index contributed by atoms with van der Waals surface area (Å²) in [4.78, 5) is 26.2. The van der Waals surface area contributed by atoms with Gasteiger partial charge in [0.25, 0.3) is 0 Å². The molecular weight excluding hydrogens is 236 g/mol. The number of β-amino-alcohol motifs (C(OH)–C–C–N with tert-alkyl or cyclic N) is 1. The lowest BCUT2D eigenvalue weighted by molar-refractivity contribution is -0.141. The summed E-state index contributed by atoms with van der Waals surface area (Å²) in [6, 6.07) is -1.07. The molecule has 6 heteroatoms. The Morgan fingerprint density at radius 1 is 1.39 bits per heavy atom. The van der Waals surface area contributed by atoms with E-state index >= 15 is 0 Å². The predicted molar refractivity (Wildman–Crippen MR) is 64.1 cm³/mol. The van der Waals surface area contributed by atoms with Crippen LogP contribution in [-0.2, 0) is 4.79 Å². The van der Waals surface area contributed by atoms with Crippen LogP contribution >= 0.6 is 0 Å². The van der Waals surface area contributed by atoms with Crippen molar-refractivity contribution >= 4 is 12.0 Å². The minimum absolute atomic E-state index is 0.109. The number of hydrogen-bond donors (Lipinski definition) is 2. The third kappa shape index (κ3) is 2.43. The van der Waals surface area contributed by atoms with Crippen LogP contribution < -0.4 is 0 Å². The number of carboxylic acid groups (broad SMARTS) is 1. The molecule has 1 saturated carbocycles. The number of carbonyl (C=O) groups is 2. The van der Waals surface area contributed by atoms with Crippen molar-refractivity contribution in [2.75, 3.05) is 13.6 Å². The van der Waals surface area contributed by atoms with Crippen LogP contribution in [0.25, 0.3) is 0 Å². The van der Waals surface area contributed by atoms with Gasteiger partial charge in [0, 0.05) is 26.1 Å². The lowest BCUT2D eigenvalue weighted by atomic mass is 10.2. The van der Waals surface area contributed by atoms with Gasteiger partial charge in [0.2, 0.25) is 0 Å². The van der Waals surface area contributed by atoms with E-state index in [1.165, 1.54) is 4.90 Å². The first kappa shape index (κ1) is 13.1. The molecule has 2 rings (SSSR count). The molecule has 0 aromatic carbocycles. The number of nitrogens with zero attached hydrogens (tertiary/aromatic N) is 2. The van der Waals surface area contributed by atoms with Gasteiger partial charge in [0.15, 0.2) is 0 Å². The van der Waals surface area contributed by atoms with Crippen molar-refractivity contribution < 1.29 is 19.8 Å². The lowest BCUT2D eigenvalue weighted by Gasteiger charge is -2.31. The first-order chi connectivity index (χ1) is 8.41. The average Bonchev–Trinajstić information content (AvgIpc) is 3.09. The first-order valence-electron chi connectivity index (χ1n) is 6.36. The van der Waals surface area contributed by atoms with Gasteiger partial charge in [0.1, 0.15) is 6.04 Å². The third-order valence-electron chi connectivity index (χ3n) is 4.03. The molecule has 2 N–H and O–H groups in total. The number of amides is 2. The molecule has 1 aliphatic carbocycles. The normalized spacial score (nSPS) is 29.2. The van der Waals surface area contributed by atoms with E-state index in [9.17, 15) is 14.7 Å². The van der Waals surface area contributed by atoms with Crippen molar-refractivity contribution in [3.05, 3.63) is 0 Å². The number of hydrogen-bond acceptors (Lipinski definition) is 3. The van der Waals surface area contributed by atoms with Gasteiger partial charge in [-0.15, -0.1) is 0 Å². The fraction of sp³-hybridized carbons (Fsp3) is 0.833. The van der Waals surface area contributed by atoms with Crippen LogP contribution in [0.2, 0.25) is 0 Å². The standard InChI is InChI=1S/C12H20N2O4/c1-7(8-3-4-8)13(2)12(18)14-6-9(15)5-10(14)11(16)17/h7-10,15H,3-6H2,1-2H3,(H,16,17)/t7?,9-,10-/m0/s1. The Balaban J connectivity index is 2.04. The number of rotatable bonds is 3. The lowest BCUT2D eigenvalue weighted by Crippen LogP contribution is -2.49.